The molecular weight excluding hydrogens is 344 g/mol. The Hall–Kier alpha value is -3.52. The first-order valence-electron chi connectivity index (χ1n) is 8.44. The zero-order chi connectivity index (χ0) is 18.8. The normalized spacial score (nSPS) is 11.0. The van der Waals surface area contributed by atoms with Crippen LogP contribution >= 0.6 is 0 Å². The van der Waals surface area contributed by atoms with Gasteiger partial charge in [-0.1, -0.05) is 30.3 Å². The Morgan fingerprint density at radius 3 is 2.56 bits per heavy atom. The monoisotopic (exact) mass is 362 g/mol. The fourth-order valence-electron chi connectivity index (χ4n) is 2.92. The topological polar surface area (TPSA) is 97.9 Å². The number of hydrogen-bond donors (Lipinski definition) is 2. The third-order valence-electron chi connectivity index (χ3n) is 4.27. The van der Waals surface area contributed by atoms with Gasteiger partial charge in [0.15, 0.2) is 5.82 Å². The molecule has 0 aliphatic heterocycles. The molecule has 0 saturated heterocycles. The second kappa shape index (κ2) is 7.00. The van der Waals surface area contributed by atoms with Crippen LogP contribution in [0.3, 0.4) is 0 Å². The van der Waals surface area contributed by atoms with Crippen molar-refractivity contribution in [1.82, 2.24) is 24.8 Å². The first kappa shape index (κ1) is 16.9. The van der Waals surface area contributed by atoms with Crippen molar-refractivity contribution in [2.75, 3.05) is 5.32 Å². The average molecular weight is 362 g/mol. The molecule has 1 amide bonds. The van der Waals surface area contributed by atoms with E-state index in [-0.39, 0.29) is 19.1 Å². The number of fused-ring (bicyclic) bond motifs is 1. The van der Waals surface area contributed by atoms with Crippen LogP contribution in [0.2, 0.25) is 0 Å². The van der Waals surface area contributed by atoms with E-state index in [4.69, 9.17) is 5.11 Å². The van der Waals surface area contributed by atoms with Gasteiger partial charge in [-0.3, -0.25) is 9.48 Å². The molecule has 2 aromatic heterocycles. The summed E-state index contributed by atoms with van der Waals surface area (Å²) < 4.78 is 1.65. The minimum Gasteiger partial charge on any atom is -0.392 e. The predicted octanol–water partition coefficient (Wildman–Crippen LogP) is 1.96. The fourth-order valence-corrected chi connectivity index (χ4v) is 2.92. The van der Waals surface area contributed by atoms with Gasteiger partial charge in [0.05, 0.1) is 24.5 Å². The van der Waals surface area contributed by atoms with Crippen molar-refractivity contribution in [3.63, 3.8) is 0 Å². The van der Waals surface area contributed by atoms with Crippen molar-refractivity contribution in [2.45, 2.75) is 13.2 Å². The summed E-state index contributed by atoms with van der Waals surface area (Å²) in [6, 6.07) is 13.7. The molecule has 2 aromatic carbocycles. The van der Waals surface area contributed by atoms with E-state index in [0.717, 1.165) is 27.6 Å². The lowest BCUT2D eigenvalue weighted by atomic mass is 10.0. The van der Waals surface area contributed by atoms with Crippen molar-refractivity contribution in [1.29, 1.82) is 0 Å². The average Bonchev–Trinajstić information content (AvgIpc) is 3.27. The van der Waals surface area contributed by atoms with Crippen LogP contribution in [-0.4, -0.2) is 35.8 Å². The number of rotatable bonds is 5. The molecule has 27 heavy (non-hydrogen) atoms. The van der Waals surface area contributed by atoms with E-state index in [1.807, 2.05) is 42.5 Å². The van der Waals surface area contributed by atoms with Gasteiger partial charge >= 0.3 is 0 Å². The Bertz CT molecular complexity index is 1100. The van der Waals surface area contributed by atoms with Gasteiger partial charge in [0.1, 0.15) is 6.54 Å². The molecule has 0 fully saturated rings. The molecule has 2 heterocycles. The number of aryl methyl sites for hydroxylation is 1. The number of carbonyl (C=O) groups excluding carboxylic acids is 1. The number of anilines is 1. The maximum absolute atomic E-state index is 12.2. The third kappa shape index (κ3) is 3.56. The zero-order valence-corrected chi connectivity index (χ0v) is 14.7. The lowest BCUT2D eigenvalue weighted by molar-refractivity contribution is -0.116. The molecule has 136 valence electrons. The molecule has 4 aromatic rings. The van der Waals surface area contributed by atoms with E-state index in [9.17, 15) is 4.79 Å². The maximum atomic E-state index is 12.2. The lowest BCUT2D eigenvalue weighted by Gasteiger charge is -2.06. The van der Waals surface area contributed by atoms with Crippen LogP contribution in [0.15, 0.2) is 54.9 Å². The molecule has 0 aliphatic rings. The standard InChI is InChI=1S/C19H18N6O2/c1-24-20-10-18(23-24)22-19(27)11-25-17-7-6-15(8-16(17)9-21-25)14-4-2-13(12-26)3-5-14/h2-10,26H,11-12H2,1H3,(H,22,23,27). The van der Waals surface area contributed by atoms with E-state index in [1.54, 1.807) is 17.9 Å². The molecular formula is C19H18N6O2. The zero-order valence-electron chi connectivity index (χ0n) is 14.7. The highest BCUT2D eigenvalue weighted by molar-refractivity contribution is 5.91. The molecule has 0 saturated carbocycles. The molecule has 0 unspecified atom stereocenters. The van der Waals surface area contributed by atoms with Crippen molar-refractivity contribution >= 4 is 22.6 Å². The molecule has 0 atom stereocenters. The molecule has 0 bridgehead atoms. The van der Waals surface area contributed by atoms with Gasteiger partial charge in [0, 0.05) is 12.4 Å². The maximum Gasteiger partial charge on any atom is 0.247 e. The van der Waals surface area contributed by atoms with Crippen LogP contribution in [0.25, 0.3) is 22.0 Å². The van der Waals surface area contributed by atoms with Crippen LogP contribution in [-0.2, 0) is 25.0 Å². The summed E-state index contributed by atoms with van der Waals surface area (Å²) in [5.41, 5.74) is 3.86. The number of aliphatic hydroxyl groups excluding tert-OH is 1. The van der Waals surface area contributed by atoms with E-state index >= 15 is 0 Å². The number of aliphatic hydroxyl groups is 1. The Morgan fingerprint density at radius 2 is 1.85 bits per heavy atom. The lowest BCUT2D eigenvalue weighted by Crippen LogP contribution is -2.19. The highest BCUT2D eigenvalue weighted by Gasteiger charge is 2.10. The first-order valence-corrected chi connectivity index (χ1v) is 8.44. The van der Waals surface area contributed by atoms with Crippen molar-refractivity contribution in [3.8, 4) is 11.1 Å². The Morgan fingerprint density at radius 1 is 1.07 bits per heavy atom. The summed E-state index contributed by atoms with van der Waals surface area (Å²) in [5.74, 6) is 0.191. The van der Waals surface area contributed by atoms with Gasteiger partial charge in [-0.05, 0) is 28.8 Å². The molecule has 4 rings (SSSR count). The Balaban J connectivity index is 1.54. The van der Waals surface area contributed by atoms with Gasteiger partial charge in [-0.15, -0.1) is 5.10 Å². The Labute approximate surface area is 155 Å². The van der Waals surface area contributed by atoms with Gasteiger partial charge in [-0.25, -0.2) is 0 Å². The van der Waals surface area contributed by atoms with Gasteiger partial charge in [0.2, 0.25) is 5.91 Å². The highest BCUT2D eigenvalue weighted by Crippen LogP contribution is 2.25. The number of amides is 1. The second-order valence-electron chi connectivity index (χ2n) is 6.20. The molecule has 8 nitrogen and oxygen atoms in total. The minimum absolute atomic E-state index is 0.0305. The van der Waals surface area contributed by atoms with Crippen molar-refractivity contribution in [2.24, 2.45) is 7.05 Å². The number of carbonyl (C=O) groups is 1. The summed E-state index contributed by atoms with van der Waals surface area (Å²) in [5, 5.41) is 25.1. The molecule has 0 radical (unpaired) electrons. The third-order valence-corrected chi connectivity index (χ3v) is 4.27. The van der Waals surface area contributed by atoms with E-state index in [1.165, 1.54) is 11.0 Å². The van der Waals surface area contributed by atoms with Crippen LogP contribution in [0.5, 0.6) is 0 Å². The van der Waals surface area contributed by atoms with E-state index in [0.29, 0.717) is 5.82 Å². The smallest absolute Gasteiger partial charge is 0.247 e. The quantitative estimate of drug-likeness (QED) is 0.566. The number of nitrogens with one attached hydrogen (secondary N) is 1. The summed E-state index contributed by atoms with van der Waals surface area (Å²) in [4.78, 5) is 13.6. The largest absolute Gasteiger partial charge is 0.392 e. The summed E-state index contributed by atoms with van der Waals surface area (Å²) in [6.07, 6.45) is 3.24. The molecule has 2 N–H and O–H groups in total. The summed E-state index contributed by atoms with van der Waals surface area (Å²) >= 11 is 0. The van der Waals surface area contributed by atoms with Crippen molar-refractivity contribution < 1.29 is 9.90 Å². The number of benzene rings is 2. The van der Waals surface area contributed by atoms with E-state index in [2.05, 4.69) is 20.6 Å². The Kier molecular flexibility index (Phi) is 4.39. The van der Waals surface area contributed by atoms with Gasteiger partial charge in [-0.2, -0.15) is 15.0 Å². The number of nitrogens with zero attached hydrogens (tertiary/aromatic N) is 5. The molecule has 8 heteroatoms. The minimum atomic E-state index is -0.218. The predicted molar refractivity (Wildman–Crippen MR) is 101 cm³/mol. The molecule has 0 aliphatic carbocycles. The van der Waals surface area contributed by atoms with Crippen LogP contribution in [0, 0.1) is 0 Å². The van der Waals surface area contributed by atoms with Crippen LogP contribution in [0.1, 0.15) is 5.56 Å². The first-order chi connectivity index (χ1) is 13.1. The highest BCUT2D eigenvalue weighted by atomic mass is 16.3. The summed E-state index contributed by atoms with van der Waals surface area (Å²) in [7, 11) is 1.69. The number of hydrogen-bond acceptors (Lipinski definition) is 5. The van der Waals surface area contributed by atoms with E-state index < -0.39 is 0 Å². The van der Waals surface area contributed by atoms with Gasteiger partial charge in [0.25, 0.3) is 0 Å². The van der Waals surface area contributed by atoms with Crippen LogP contribution in [0.4, 0.5) is 5.82 Å². The molecule has 0 spiro atoms. The second-order valence-corrected chi connectivity index (χ2v) is 6.20. The fraction of sp³-hybridized carbons (Fsp3) is 0.158. The number of aromatic nitrogens is 5. The van der Waals surface area contributed by atoms with Gasteiger partial charge < -0.3 is 10.4 Å². The van der Waals surface area contributed by atoms with Crippen LogP contribution < -0.4 is 5.32 Å². The summed E-state index contributed by atoms with van der Waals surface area (Å²) in [6.45, 7) is 0.118. The van der Waals surface area contributed by atoms with Crippen molar-refractivity contribution in [3.05, 3.63) is 60.4 Å². The SMILES string of the molecule is Cn1ncc(NC(=O)Cn2ncc3cc(-c4ccc(CO)cc4)ccc32)n1.